The third kappa shape index (κ3) is 5.72. The standard InChI is InChI=1S/C46H33N/c1-4-12-34(13-5-1)36-20-27-41(28-21-36)47(42-29-22-37(23-30-42)35-14-6-2-7-15-35)43-31-24-39(25-32-43)45-33-26-38-16-10-11-19-44(38)46(45)40-17-8-3-9-18-40/h1-33H/i1D,2D,3D,4D,5D,6D,7D,8D,9D,12D,13D,14D,15D,17D,18D,20D,21D,22D,23D,27D,28D,29D,30D. The molecule has 8 rings (SSSR count). The molecule has 0 N–H and O–H groups in total. The van der Waals surface area contributed by atoms with Crippen molar-refractivity contribution in [2.75, 3.05) is 4.90 Å². The number of rotatable bonds is 7. The van der Waals surface area contributed by atoms with Crippen LogP contribution in [0.1, 0.15) is 31.5 Å². The van der Waals surface area contributed by atoms with Gasteiger partial charge < -0.3 is 4.90 Å². The molecule has 47 heavy (non-hydrogen) atoms. The molecule has 0 unspecified atom stereocenters. The SMILES string of the molecule is [2H]c1c([2H])c([2H])c(-c2c([2H])c([2H])c(N(c3ccc(-c4ccc5ccccc5c4-c4c([2H])c([2H])c([2H])c([2H])c4[2H])cc3)c3c([2H])c([2H])c(-c4c([2H])c([2H])c([2H])c([2H])c4[2H])c([2H])c3[2H])c([2H])c2[2H])c([2H])c1[2H]. The van der Waals surface area contributed by atoms with Crippen LogP contribution in [0.4, 0.5) is 17.1 Å². The summed E-state index contributed by atoms with van der Waals surface area (Å²) in [6, 6.07) is -2.06. The van der Waals surface area contributed by atoms with Crippen LogP contribution in [0.25, 0.3) is 55.3 Å². The van der Waals surface area contributed by atoms with Crippen molar-refractivity contribution in [2.24, 2.45) is 0 Å². The molecule has 0 radical (unpaired) electrons. The predicted octanol–water partition coefficient (Wildman–Crippen LogP) is 13.0. The Morgan fingerprint density at radius 3 is 1.34 bits per heavy atom. The minimum atomic E-state index is -0.920. The fourth-order valence-corrected chi connectivity index (χ4v) is 5.15. The molecular formula is C46H33N. The summed E-state index contributed by atoms with van der Waals surface area (Å²) in [6.07, 6.45) is 0. The van der Waals surface area contributed by atoms with Gasteiger partial charge in [0.15, 0.2) is 0 Å². The van der Waals surface area contributed by atoms with Gasteiger partial charge in [-0.3, -0.25) is 0 Å². The first-order valence-electron chi connectivity index (χ1n) is 25.7. The molecule has 1 nitrogen and oxygen atoms in total. The summed E-state index contributed by atoms with van der Waals surface area (Å²) in [5, 5.41) is 1.19. The summed E-state index contributed by atoms with van der Waals surface area (Å²) in [4.78, 5) is 0.888. The highest BCUT2D eigenvalue weighted by molar-refractivity contribution is 6.04. The molecule has 0 amide bonds. The largest absolute Gasteiger partial charge is 0.311 e. The Morgan fingerprint density at radius 1 is 0.340 bits per heavy atom. The molecule has 1 heteroatoms. The van der Waals surface area contributed by atoms with Crippen LogP contribution < -0.4 is 4.90 Å². The van der Waals surface area contributed by atoms with E-state index in [-0.39, 0.29) is 16.8 Å². The summed E-state index contributed by atoms with van der Waals surface area (Å²) in [7, 11) is 0. The van der Waals surface area contributed by atoms with Gasteiger partial charge in [-0.15, -0.1) is 0 Å². The maximum atomic E-state index is 9.37. The van der Waals surface area contributed by atoms with Gasteiger partial charge in [-0.2, -0.15) is 0 Å². The Bertz CT molecular complexity index is 3310. The smallest absolute Gasteiger partial charge is 0.0645 e. The van der Waals surface area contributed by atoms with Crippen molar-refractivity contribution >= 4 is 27.8 Å². The average molecular weight is 623 g/mol. The number of hydrogen-bond donors (Lipinski definition) is 0. The van der Waals surface area contributed by atoms with E-state index in [1.54, 1.807) is 36.4 Å². The van der Waals surface area contributed by atoms with Gasteiger partial charge >= 0.3 is 0 Å². The first-order chi connectivity index (χ1) is 32.9. The fourth-order valence-electron chi connectivity index (χ4n) is 5.15. The van der Waals surface area contributed by atoms with Gasteiger partial charge in [0.05, 0.1) is 31.5 Å². The molecule has 0 aliphatic rings. The van der Waals surface area contributed by atoms with E-state index in [4.69, 9.17) is 20.6 Å². The lowest BCUT2D eigenvalue weighted by molar-refractivity contribution is 1.28. The van der Waals surface area contributed by atoms with Crippen LogP contribution in [0.3, 0.4) is 0 Å². The zero-order valence-electron chi connectivity index (χ0n) is 47.2. The minimum Gasteiger partial charge on any atom is -0.311 e. The Hall–Kier alpha value is -6.18. The number of benzene rings is 8. The van der Waals surface area contributed by atoms with Crippen molar-refractivity contribution in [1.82, 2.24) is 0 Å². The fraction of sp³-hybridized carbons (Fsp3) is 0. The van der Waals surface area contributed by atoms with Crippen LogP contribution in [0.2, 0.25) is 0 Å². The molecule has 0 atom stereocenters. The lowest BCUT2D eigenvalue weighted by atomic mass is 9.90. The monoisotopic (exact) mass is 622 g/mol. The zero-order valence-corrected chi connectivity index (χ0v) is 24.2. The van der Waals surface area contributed by atoms with Gasteiger partial charge in [-0.1, -0.05) is 163 Å². The van der Waals surface area contributed by atoms with Crippen molar-refractivity contribution in [1.29, 1.82) is 0 Å². The average Bonchev–Trinajstić information content (AvgIpc) is 3.35. The molecule has 0 aliphatic carbocycles. The third-order valence-electron chi connectivity index (χ3n) is 7.29. The maximum Gasteiger partial charge on any atom is 0.0645 e. The molecule has 8 aromatic rings. The van der Waals surface area contributed by atoms with E-state index in [0.29, 0.717) is 21.9 Å². The number of anilines is 3. The number of nitrogens with zero attached hydrogens (tertiary/aromatic N) is 1. The summed E-state index contributed by atoms with van der Waals surface area (Å²) in [5.41, 5.74) is -3.27. The second kappa shape index (κ2) is 12.7. The number of hydrogen-bond acceptors (Lipinski definition) is 1. The molecular weight excluding hydrogens is 567 g/mol. The number of fused-ring (bicyclic) bond motifs is 1. The molecule has 0 fully saturated rings. The highest BCUT2D eigenvalue weighted by Gasteiger charge is 2.16. The van der Waals surface area contributed by atoms with E-state index in [1.165, 1.54) is 24.3 Å². The van der Waals surface area contributed by atoms with E-state index in [0.717, 1.165) is 4.90 Å². The van der Waals surface area contributed by atoms with Crippen LogP contribution >= 0.6 is 0 Å². The summed E-state index contributed by atoms with van der Waals surface area (Å²) in [6.45, 7) is 0. The normalized spacial score (nSPS) is 17.8. The van der Waals surface area contributed by atoms with Crippen LogP contribution in [0, 0.1) is 0 Å². The van der Waals surface area contributed by atoms with Crippen LogP contribution in [-0.4, -0.2) is 0 Å². The first kappa shape index (κ1) is 12.9. The van der Waals surface area contributed by atoms with Crippen LogP contribution in [-0.2, 0) is 0 Å². The molecule has 8 aromatic carbocycles. The van der Waals surface area contributed by atoms with E-state index >= 15 is 0 Å². The maximum absolute atomic E-state index is 9.37. The minimum absolute atomic E-state index is 0.103. The molecule has 0 heterocycles. The van der Waals surface area contributed by atoms with Crippen molar-refractivity contribution in [3.63, 3.8) is 0 Å². The van der Waals surface area contributed by atoms with Crippen molar-refractivity contribution in [3.05, 3.63) is 200 Å². The quantitative estimate of drug-likeness (QED) is 0.171. The topological polar surface area (TPSA) is 3.24 Å². The van der Waals surface area contributed by atoms with E-state index in [2.05, 4.69) is 0 Å². The molecule has 0 saturated heterocycles. The van der Waals surface area contributed by atoms with Gasteiger partial charge in [0.25, 0.3) is 0 Å². The van der Waals surface area contributed by atoms with Crippen molar-refractivity contribution < 1.29 is 31.5 Å². The molecule has 0 bridgehead atoms. The van der Waals surface area contributed by atoms with E-state index in [9.17, 15) is 11.0 Å². The summed E-state index contributed by atoms with van der Waals surface area (Å²) in [5.74, 6) is 0. The van der Waals surface area contributed by atoms with Crippen molar-refractivity contribution in [2.45, 2.75) is 0 Å². The van der Waals surface area contributed by atoms with E-state index < -0.39 is 173 Å². The van der Waals surface area contributed by atoms with Crippen LogP contribution in [0.15, 0.2) is 200 Å². The van der Waals surface area contributed by atoms with Gasteiger partial charge in [-0.05, 0) is 91.6 Å². The first-order valence-corrected chi connectivity index (χ1v) is 14.2. The zero-order chi connectivity index (χ0) is 51.4. The molecule has 0 aliphatic heterocycles. The van der Waals surface area contributed by atoms with E-state index in [1.807, 2.05) is 0 Å². The van der Waals surface area contributed by atoms with Gasteiger partial charge in [0, 0.05) is 17.1 Å². The highest BCUT2D eigenvalue weighted by Crippen LogP contribution is 2.41. The predicted molar refractivity (Wildman–Crippen MR) is 200 cm³/mol. The second-order valence-corrected chi connectivity index (χ2v) is 10.0. The van der Waals surface area contributed by atoms with Gasteiger partial charge in [-0.25, -0.2) is 0 Å². The molecule has 222 valence electrons. The Kier molecular flexibility index (Phi) is 3.48. The molecule has 0 saturated carbocycles. The third-order valence-corrected chi connectivity index (χ3v) is 7.29. The lowest BCUT2D eigenvalue weighted by Gasteiger charge is -2.26. The van der Waals surface area contributed by atoms with Crippen molar-refractivity contribution in [3.8, 4) is 44.5 Å². The molecule has 0 spiro atoms. The second-order valence-electron chi connectivity index (χ2n) is 10.0. The Labute approximate surface area is 309 Å². The lowest BCUT2D eigenvalue weighted by Crippen LogP contribution is -2.09. The van der Waals surface area contributed by atoms with Crippen LogP contribution in [0.5, 0.6) is 0 Å². The summed E-state index contributed by atoms with van der Waals surface area (Å²) >= 11 is 0. The van der Waals surface area contributed by atoms with Gasteiger partial charge in [0.1, 0.15) is 0 Å². The highest BCUT2D eigenvalue weighted by atomic mass is 15.1. The van der Waals surface area contributed by atoms with Gasteiger partial charge in [0.2, 0.25) is 0 Å². The Balaban J connectivity index is 1.44. The summed E-state index contributed by atoms with van der Waals surface area (Å²) < 4.78 is 200. The molecule has 0 aromatic heterocycles. The Morgan fingerprint density at radius 2 is 0.809 bits per heavy atom.